The number of pyridine rings is 1. The molecular weight excluding hydrogens is 390 g/mol. The smallest absolute Gasteiger partial charge is 0.328 e. The van der Waals surface area contributed by atoms with Crippen molar-refractivity contribution in [3.05, 3.63) is 66.1 Å². The highest BCUT2D eigenvalue weighted by atomic mass is 16.2. The van der Waals surface area contributed by atoms with Crippen molar-refractivity contribution in [2.24, 2.45) is 5.92 Å². The summed E-state index contributed by atoms with van der Waals surface area (Å²) in [6.07, 6.45) is 4.15. The van der Waals surface area contributed by atoms with E-state index in [-0.39, 0.29) is 11.9 Å². The molecule has 7 nitrogen and oxygen atoms in total. The zero-order valence-corrected chi connectivity index (χ0v) is 17.7. The van der Waals surface area contributed by atoms with Crippen LogP contribution in [-0.4, -0.2) is 45.1 Å². The van der Waals surface area contributed by atoms with Crippen LogP contribution in [0.25, 0.3) is 21.9 Å². The molecule has 5 rings (SSSR count). The minimum atomic E-state index is -0.292. The molecule has 31 heavy (non-hydrogen) atoms. The van der Waals surface area contributed by atoms with Crippen molar-refractivity contribution in [3.8, 4) is 0 Å². The predicted octanol–water partition coefficient (Wildman–Crippen LogP) is 3.86. The van der Waals surface area contributed by atoms with Crippen molar-refractivity contribution < 1.29 is 9.59 Å². The van der Waals surface area contributed by atoms with E-state index >= 15 is 0 Å². The average molecular weight is 415 g/mol. The summed E-state index contributed by atoms with van der Waals surface area (Å²) in [4.78, 5) is 32.1. The highest BCUT2D eigenvalue weighted by molar-refractivity contribution is 6.14. The second-order valence-corrected chi connectivity index (χ2v) is 8.35. The Labute approximate surface area is 180 Å². The number of amides is 2. The van der Waals surface area contributed by atoms with Crippen LogP contribution >= 0.6 is 0 Å². The molecule has 3 aromatic heterocycles. The number of nitrogens with zero attached hydrogens (tertiary/aromatic N) is 4. The number of para-hydroxylation sites is 1. The first-order chi connectivity index (χ1) is 15.0. The van der Waals surface area contributed by atoms with Gasteiger partial charge in [0.05, 0.1) is 28.8 Å². The summed E-state index contributed by atoms with van der Waals surface area (Å²) >= 11 is 0. The monoisotopic (exact) mass is 415 g/mol. The number of nitrogens with one attached hydrogen (secondary N) is 1. The Morgan fingerprint density at radius 3 is 2.58 bits per heavy atom. The molecule has 0 saturated heterocycles. The first-order valence-electron chi connectivity index (χ1n) is 10.6. The highest BCUT2D eigenvalue weighted by Crippen LogP contribution is 2.37. The molecule has 0 spiro atoms. The summed E-state index contributed by atoms with van der Waals surface area (Å²) in [5, 5.41) is 3.90. The number of carbonyl (C=O) groups excluding carboxylic acids is 2. The van der Waals surface area contributed by atoms with Crippen LogP contribution in [0.15, 0.2) is 54.7 Å². The average Bonchev–Trinajstić information content (AvgIpc) is 3.45. The summed E-state index contributed by atoms with van der Waals surface area (Å²) in [6, 6.07) is 15.3. The lowest BCUT2D eigenvalue weighted by molar-refractivity contribution is 0.0941. The molecule has 1 aliphatic carbocycles. The van der Waals surface area contributed by atoms with Gasteiger partial charge in [-0.2, -0.15) is 0 Å². The molecule has 1 aliphatic rings. The molecular formula is C24H25N5O2. The van der Waals surface area contributed by atoms with E-state index in [1.165, 1.54) is 17.7 Å². The van der Waals surface area contributed by atoms with E-state index in [9.17, 15) is 9.59 Å². The highest BCUT2D eigenvalue weighted by Gasteiger charge is 2.29. The van der Waals surface area contributed by atoms with Gasteiger partial charge in [0.2, 0.25) is 0 Å². The second-order valence-electron chi connectivity index (χ2n) is 8.35. The van der Waals surface area contributed by atoms with Crippen LogP contribution in [0, 0.1) is 5.92 Å². The van der Waals surface area contributed by atoms with Gasteiger partial charge in [-0.25, -0.2) is 4.79 Å². The van der Waals surface area contributed by atoms with Crippen LogP contribution in [0.2, 0.25) is 0 Å². The van der Waals surface area contributed by atoms with Gasteiger partial charge in [-0.15, -0.1) is 0 Å². The van der Waals surface area contributed by atoms with Gasteiger partial charge < -0.3 is 14.8 Å². The fourth-order valence-corrected chi connectivity index (χ4v) is 4.09. The van der Waals surface area contributed by atoms with Gasteiger partial charge in [-0.05, 0) is 43.0 Å². The van der Waals surface area contributed by atoms with Gasteiger partial charge in [-0.1, -0.05) is 24.3 Å². The topological polar surface area (TPSA) is 72.2 Å². The Morgan fingerprint density at radius 2 is 1.87 bits per heavy atom. The molecule has 1 saturated carbocycles. The Bertz CT molecular complexity index is 1280. The van der Waals surface area contributed by atoms with E-state index in [4.69, 9.17) is 0 Å². The Hall–Kier alpha value is -3.61. The maximum atomic E-state index is 13.2. The minimum Gasteiger partial charge on any atom is -0.345 e. The van der Waals surface area contributed by atoms with E-state index < -0.39 is 0 Å². The number of hydrogen-bond donors (Lipinski definition) is 1. The lowest BCUT2D eigenvalue weighted by atomic mass is 10.2. The number of rotatable bonds is 5. The molecule has 0 atom stereocenters. The largest absolute Gasteiger partial charge is 0.345 e. The van der Waals surface area contributed by atoms with Gasteiger partial charge in [0, 0.05) is 32.2 Å². The van der Waals surface area contributed by atoms with Crippen LogP contribution in [-0.2, 0) is 13.1 Å². The van der Waals surface area contributed by atoms with Crippen molar-refractivity contribution in [3.63, 3.8) is 0 Å². The van der Waals surface area contributed by atoms with Gasteiger partial charge in [0.25, 0.3) is 5.91 Å². The van der Waals surface area contributed by atoms with E-state index in [0.29, 0.717) is 18.2 Å². The molecule has 1 aromatic carbocycles. The Morgan fingerprint density at radius 1 is 1.10 bits per heavy atom. The van der Waals surface area contributed by atoms with Gasteiger partial charge in [0.15, 0.2) is 0 Å². The third-order valence-corrected chi connectivity index (χ3v) is 5.82. The third-order valence-electron chi connectivity index (χ3n) is 5.82. The zero-order chi connectivity index (χ0) is 21.5. The lowest BCUT2D eigenvalue weighted by Gasteiger charge is -2.15. The van der Waals surface area contributed by atoms with Crippen LogP contribution in [0.4, 0.5) is 4.79 Å². The van der Waals surface area contributed by atoms with E-state index in [0.717, 1.165) is 34.2 Å². The molecule has 2 amide bonds. The van der Waals surface area contributed by atoms with Crippen molar-refractivity contribution >= 4 is 33.9 Å². The van der Waals surface area contributed by atoms with Crippen molar-refractivity contribution in [1.82, 2.24) is 24.3 Å². The van der Waals surface area contributed by atoms with Gasteiger partial charge in [0.1, 0.15) is 5.69 Å². The summed E-state index contributed by atoms with van der Waals surface area (Å²) in [6.45, 7) is 1.20. The number of benzene rings is 1. The molecule has 0 unspecified atom stereocenters. The molecule has 1 fully saturated rings. The third kappa shape index (κ3) is 3.46. The fourth-order valence-electron chi connectivity index (χ4n) is 4.09. The molecule has 7 heteroatoms. The minimum absolute atomic E-state index is 0.243. The molecule has 4 aromatic rings. The maximum Gasteiger partial charge on any atom is 0.328 e. The Balaban J connectivity index is 1.64. The number of aromatic nitrogens is 3. The molecule has 0 aliphatic heterocycles. The van der Waals surface area contributed by atoms with Gasteiger partial charge in [-0.3, -0.25) is 14.3 Å². The molecule has 1 N–H and O–H groups in total. The molecule has 3 heterocycles. The Kier molecular flexibility index (Phi) is 4.73. The SMILES string of the molecule is CN(C)C(=O)n1c(C(=O)NCc2ccccn2)cc2c1c1ccccc1n2CC1CC1. The normalized spacial score (nSPS) is 13.6. The van der Waals surface area contributed by atoms with Crippen LogP contribution in [0.1, 0.15) is 29.0 Å². The maximum absolute atomic E-state index is 13.2. The standard InChI is InChI=1S/C24H25N5O2/c1-27(2)24(31)29-21(23(30)26-14-17-7-5-6-12-25-17)13-20-22(29)18-8-3-4-9-19(18)28(20)15-16-10-11-16/h3-9,12-13,16H,10-11,14-15H2,1-2H3,(H,26,30). The predicted molar refractivity (Wildman–Crippen MR) is 120 cm³/mol. The van der Waals surface area contributed by atoms with Crippen molar-refractivity contribution in [2.75, 3.05) is 14.1 Å². The zero-order valence-electron chi connectivity index (χ0n) is 17.7. The summed E-state index contributed by atoms with van der Waals surface area (Å²) in [7, 11) is 3.40. The second kappa shape index (κ2) is 7.58. The number of hydrogen-bond acceptors (Lipinski definition) is 3. The molecule has 0 radical (unpaired) electrons. The number of carbonyl (C=O) groups is 2. The van der Waals surface area contributed by atoms with Gasteiger partial charge >= 0.3 is 6.03 Å². The molecule has 0 bridgehead atoms. The summed E-state index contributed by atoms with van der Waals surface area (Å²) in [5.74, 6) is 0.368. The van der Waals surface area contributed by atoms with Crippen molar-refractivity contribution in [1.29, 1.82) is 0 Å². The first-order valence-corrected chi connectivity index (χ1v) is 10.6. The van der Waals surface area contributed by atoms with Crippen molar-refractivity contribution in [2.45, 2.75) is 25.9 Å². The van der Waals surface area contributed by atoms with Crippen LogP contribution < -0.4 is 5.32 Å². The summed E-state index contributed by atoms with van der Waals surface area (Å²) in [5.41, 5.74) is 3.92. The van der Waals surface area contributed by atoms with E-state index in [1.54, 1.807) is 24.9 Å². The fraction of sp³-hybridized carbons (Fsp3) is 0.292. The lowest BCUT2D eigenvalue weighted by Crippen LogP contribution is -2.33. The van der Waals surface area contributed by atoms with E-state index in [1.807, 2.05) is 42.5 Å². The molecule has 158 valence electrons. The van der Waals surface area contributed by atoms with E-state index in [2.05, 4.69) is 20.9 Å². The quantitative estimate of drug-likeness (QED) is 0.538. The summed E-state index contributed by atoms with van der Waals surface area (Å²) < 4.78 is 3.81. The van der Waals surface area contributed by atoms with Crippen LogP contribution in [0.3, 0.4) is 0 Å². The number of fused-ring (bicyclic) bond motifs is 3. The van der Waals surface area contributed by atoms with Crippen LogP contribution in [0.5, 0.6) is 0 Å². The first kappa shape index (κ1) is 19.4.